The summed E-state index contributed by atoms with van der Waals surface area (Å²) < 4.78 is 6.45. The van der Waals surface area contributed by atoms with E-state index in [1.54, 1.807) is 0 Å². The number of aromatic amines is 1. The van der Waals surface area contributed by atoms with Crippen molar-refractivity contribution in [3.05, 3.63) is 27.6 Å². The second-order valence-corrected chi connectivity index (χ2v) is 6.92. The molecular formula is C14H19N3O3S. The minimum Gasteiger partial charge on any atom is -0.394 e. The lowest BCUT2D eigenvalue weighted by Crippen LogP contribution is -2.53. The van der Waals surface area contributed by atoms with E-state index in [4.69, 9.17) is 4.74 Å². The predicted octanol–water partition coefficient (Wildman–Crippen LogP) is 0.956. The van der Waals surface area contributed by atoms with Crippen LogP contribution in [-0.4, -0.2) is 51.4 Å². The zero-order valence-corrected chi connectivity index (χ0v) is 12.9. The van der Waals surface area contributed by atoms with E-state index in [2.05, 4.69) is 14.9 Å². The lowest BCUT2D eigenvalue weighted by atomic mass is 10.1. The van der Waals surface area contributed by atoms with E-state index < -0.39 is 0 Å². The van der Waals surface area contributed by atoms with Gasteiger partial charge in [-0.1, -0.05) is 0 Å². The first-order valence-corrected chi connectivity index (χ1v) is 7.82. The van der Waals surface area contributed by atoms with Gasteiger partial charge in [-0.15, -0.1) is 11.3 Å². The van der Waals surface area contributed by atoms with Gasteiger partial charge in [0.25, 0.3) is 5.56 Å². The van der Waals surface area contributed by atoms with Crippen molar-refractivity contribution in [1.29, 1.82) is 0 Å². The van der Waals surface area contributed by atoms with E-state index in [1.807, 2.05) is 25.3 Å². The number of aliphatic hydroxyl groups is 1. The molecule has 0 spiro atoms. The van der Waals surface area contributed by atoms with Crippen molar-refractivity contribution in [3.63, 3.8) is 0 Å². The lowest BCUT2D eigenvalue weighted by Gasteiger charge is -2.42. The largest absolute Gasteiger partial charge is 0.394 e. The maximum Gasteiger partial charge on any atom is 0.268 e. The van der Waals surface area contributed by atoms with Crippen LogP contribution < -0.4 is 5.56 Å². The smallest absolute Gasteiger partial charge is 0.268 e. The summed E-state index contributed by atoms with van der Waals surface area (Å²) in [6.45, 7) is 5.90. The quantitative estimate of drug-likeness (QED) is 0.883. The van der Waals surface area contributed by atoms with Gasteiger partial charge >= 0.3 is 0 Å². The number of nitrogens with one attached hydrogen (secondary N) is 1. The van der Waals surface area contributed by atoms with Crippen LogP contribution in [-0.2, 0) is 11.3 Å². The fraction of sp³-hybridized carbons (Fsp3) is 0.571. The zero-order chi connectivity index (χ0) is 15.0. The standard InChI is InChI=1S/C14H19N3O3S/c1-14(2)8-17(5-9(7-18)20-14)6-11-15-10-3-4-21-12(10)13(19)16-11/h3-4,9,18H,5-8H2,1-2H3,(H,15,16,19). The van der Waals surface area contributed by atoms with Crippen LogP contribution in [0.2, 0.25) is 0 Å². The molecule has 1 fully saturated rings. The highest BCUT2D eigenvalue weighted by Crippen LogP contribution is 2.22. The number of morpholine rings is 1. The Morgan fingerprint density at radius 2 is 2.43 bits per heavy atom. The van der Waals surface area contributed by atoms with Gasteiger partial charge in [-0.05, 0) is 25.3 Å². The zero-order valence-electron chi connectivity index (χ0n) is 12.1. The van der Waals surface area contributed by atoms with Crippen LogP contribution in [0.4, 0.5) is 0 Å². The molecule has 1 saturated heterocycles. The highest BCUT2D eigenvalue weighted by Gasteiger charge is 2.33. The molecule has 21 heavy (non-hydrogen) atoms. The second kappa shape index (κ2) is 5.49. The fourth-order valence-electron chi connectivity index (χ4n) is 2.84. The third-order valence-corrected chi connectivity index (χ3v) is 4.40. The molecule has 1 unspecified atom stereocenters. The lowest BCUT2D eigenvalue weighted by molar-refractivity contribution is -0.151. The van der Waals surface area contributed by atoms with Gasteiger partial charge in [0.2, 0.25) is 0 Å². The summed E-state index contributed by atoms with van der Waals surface area (Å²) in [4.78, 5) is 21.5. The molecule has 0 aliphatic carbocycles. The Balaban J connectivity index is 1.82. The average molecular weight is 309 g/mol. The molecule has 3 heterocycles. The number of aromatic nitrogens is 2. The molecule has 6 nitrogen and oxygen atoms in total. The molecule has 0 radical (unpaired) electrons. The molecule has 0 bridgehead atoms. The number of thiophene rings is 1. The Morgan fingerprint density at radius 1 is 1.62 bits per heavy atom. The van der Waals surface area contributed by atoms with E-state index in [0.717, 1.165) is 12.1 Å². The number of hydrogen-bond donors (Lipinski definition) is 2. The number of H-pyrrole nitrogens is 1. The molecule has 7 heteroatoms. The highest BCUT2D eigenvalue weighted by molar-refractivity contribution is 7.17. The molecule has 1 aliphatic heterocycles. The van der Waals surface area contributed by atoms with Crippen molar-refractivity contribution >= 4 is 21.6 Å². The van der Waals surface area contributed by atoms with Crippen LogP contribution in [0.15, 0.2) is 16.2 Å². The van der Waals surface area contributed by atoms with E-state index in [-0.39, 0.29) is 23.9 Å². The molecule has 0 aromatic carbocycles. The number of aliphatic hydroxyl groups excluding tert-OH is 1. The third-order valence-electron chi connectivity index (χ3n) is 3.49. The fourth-order valence-corrected chi connectivity index (χ4v) is 3.57. The Morgan fingerprint density at radius 3 is 3.19 bits per heavy atom. The summed E-state index contributed by atoms with van der Waals surface area (Å²) in [6, 6.07) is 1.86. The SMILES string of the molecule is CC1(C)CN(Cc2nc3ccsc3c(=O)[nH]2)CC(CO)O1. The molecule has 0 amide bonds. The first-order chi connectivity index (χ1) is 9.97. The van der Waals surface area contributed by atoms with Crippen molar-refractivity contribution in [3.8, 4) is 0 Å². The molecule has 1 aliphatic rings. The Bertz CT molecular complexity index is 694. The van der Waals surface area contributed by atoms with Crippen molar-refractivity contribution < 1.29 is 9.84 Å². The highest BCUT2D eigenvalue weighted by atomic mass is 32.1. The van der Waals surface area contributed by atoms with E-state index >= 15 is 0 Å². The van der Waals surface area contributed by atoms with Crippen molar-refractivity contribution in [2.45, 2.75) is 32.1 Å². The molecule has 1 atom stereocenters. The van der Waals surface area contributed by atoms with Crippen LogP contribution >= 0.6 is 11.3 Å². The van der Waals surface area contributed by atoms with Gasteiger partial charge in [-0.3, -0.25) is 9.69 Å². The Kier molecular flexibility index (Phi) is 3.83. The average Bonchev–Trinajstić information content (AvgIpc) is 2.85. The maximum absolute atomic E-state index is 12.0. The summed E-state index contributed by atoms with van der Waals surface area (Å²) in [5, 5.41) is 11.2. The number of hydrogen-bond acceptors (Lipinski definition) is 6. The van der Waals surface area contributed by atoms with Gasteiger partial charge in [-0.2, -0.15) is 0 Å². The van der Waals surface area contributed by atoms with Crippen LogP contribution in [0.3, 0.4) is 0 Å². The molecule has 3 rings (SSSR count). The number of fused-ring (bicyclic) bond motifs is 1. The second-order valence-electron chi connectivity index (χ2n) is 6.00. The summed E-state index contributed by atoms with van der Waals surface area (Å²) in [6.07, 6.45) is -0.203. The number of ether oxygens (including phenoxy) is 1. The molecule has 114 valence electrons. The number of nitrogens with zero attached hydrogens (tertiary/aromatic N) is 2. The van der Waals surface area contributed by atoms with E-state index in [0.29, 0.717) is 23.6 Å². The summed E-state index contributed by atoms with van der Waals surface area (Å²) >= 11 is 1.40. The molecular weight excluding hydrogens is 290 g/mol. The monoisotopic (exact) mass is 309 g/mol. The van der Waals surface area contributed by atoms with Crippen LogP contribution in [0.5, 0.6) is 0 Å². The molecule has 2 N–H and O–H groups in total. The first kappa shape index (κ1) is 14.6. The molecule has 0 saturated carbocycles. The number of rotatable bonds is 3. The van der Waals surface area contributed by atoms with Gasteiger partial charge in [-0.25, -0.2) is 4.98 Å². The molecule has 2 aromatic heterocycles. The van der Waals surface area contributed by atoms with Gasteiger partial charge in [0.05, 0.1) is 30.4 Å². The summed E-state index contributed by atoms with van der Waals surface area (Å²) in [7, 11) is 0. The predicted molar refractivity (Wildman–Crippen MR) is 81.6 cm³/mol. The first-order valence-electron chi connectivity index (χ1n) is 6.94. The van der Waals surface area contributed by atoms with E-state index in [1.165, 1.54) is 11.3 Å². The molecule has 2 aromatic rings. The van der Waals surface area contributed by atoms with Crippen molar-refractivity contribution in [2.75, 3.05) is 19.7 Å². The van der Waals surface area contributed by atoms with Crippen LogP contribution in [0, 0.1) is 0 Å². The Labute approximate surface area is 126 Å². The van der Waals surface area contributed by atoms with Crippen molar-refractivity contribution in [1.82, 2.24) is 14.9 Å². The van der Waals surface area contributed by atoms with Gasteiger partial charge < -0.3 is 14.8 Å². The minimum atomic E-state index is -0.321. The summed E-state index contributed by atoms with van der Waals surface area (Å²) in [5.41, 5.74) is 0.333. The Hall–Kier alpha value is -1.28. The summed E-state index contributed by atoms with van der Waals surface area (Å²) in [5.74, 6) is 0.653. The van der Waals surface area contributed by atoms with Gasteiger partial charge in [0.15, 0.2) is 0 Å². The topological polar surface area (TPSA) is 78.5 Å². The van der Waals surface area contributed by atoms with Gasteiger partial charge in [0, 0.05) is 13.1 Å². The third kappa shape index (κ3) is 3.16. The van der Waals surface area contributed by atoms with Gasteiger partial charge in [0.1, 0.15) is 10.5 Å². The van der Waals surface area contributed by atoms with E-state index in [9.17, 15) is 9.90 Å². The van der Waals surface area contributed by atoms with Crippen LogP contribution in [0.25, 0.3) is 10.2 Å². The van der Waals surface area contributed by atoms with Crippen molar-refractivity contribution in [2.24, 2.45) is 0 Å². The van der Waals surface area contributed by atoms with Crippen LogP contribution in [0.1, 0.15) is 19.7 Å². The normalized spacial score (nSPS) is 22.7. The maximum atomic E-state index is 12.0. The minimum absolute atomic E-state index is 0.00650.